The minimum Gasteiger partial charge on any atom is -0.508 e. The molecular formula is C64H71Cl2N9O21. The molecule has 6 aliphatic heterocycles. The van der Waals surface area contributed by atoms with E-state index in [-0.39, 0.29) is 62.6 Å². The minimum atomic E-state index is -2.26. The lowest BCUT2D eigenvalue weighted by Gasteiger charge is -2.42. The number of nitrogens with one attached hydrogen (secondary N) is 7. The average molecular weight is 1370 g/mol. The fourth-order valence-electron chi connectivity index (χ4n) is 11.4. The van der Waals surface area contributed by atoms with Gasteiger partial charge in [-0.15, -0.1) is 0 Å². The highest BCUT2D eigenvalue weighted by Gasteiger charge is 2.46. The van der Waals surface area contributed by atoms with Gasteiger partial charge in [0.05, 0.1) is 28.7 Å². The van der Waals surface area contributed by atoms with Gasteiger partial charge in [-0.25, -0.2) is 9.59 Å². The summed E-state index contributed by atoms with van der Waals surface area (Å²) in [5.41, 5.74) is 7.34. The normalized spacial score (nSPS) is 25.6. The summed E-state index contributed by atoms with van der Waals surface area (Å²) in [5.74, 6) is -15.4. The van der Waals surface area contributed by atoms with Gasteiger partial charge in [-0.05, 0) is 124 Å². The van der Waals surface area contributed by atoms with Crippen LogP contribution in [0.4, 0.5) is 4.79 Å². The molecule has 6 heterocycles. The maximum Gasteiger partial charge on any atom is 0.408 e. The summed E-state index contributed by atoms with van der Waals surface area (Å²) in [6, 6.07) is -0.445. The standard InChI is InChI=1S/C64H71Cl2N9O21/c1-24(2)14-35(70-62(91)96-63(4,5)6)55(83)74-49-51(80)27-9-12-39(33(65)16-27)93-41-18-29-19-42(53(41)95-44-23-64(7,68)54(82)25(3)92-44)94-40-13-10-28(17-34(40)66)52(81)50-60(88)73-48(61(89)90)32-20-30(76)21-38(78)45(32)31-15-26(8-11-37(31)77)46(57(85)75-50)72-58(86)47(29)71-56(84)36(22-43(67)79)69-59(49)87/h8-13,15-21,24-25,35-36,44,46-52,54,76-78,80-82H,14,22-23,68H2,1-7H3,(H2,67,79)(H,69,87)(H,70,91)(H,71,84)(H,72,86)(H,73,88)(H,74,83)(H,75,85)(H,89,90)/t25-,35-,36-,44?,46?,47+,48-,49+,50-,51+,52+,54+,64-/m0/s1. The summed E-state index contributed by atoms with van der Waals surface area (Å²) in [7, 11) is 0. The van der Waals surface area contributed by atoms with E-state index in [1.807, 2.05) is 0 Å². The van der Waals surface area contributed by atoms with Gasteiger partial charge < -0.3 is 108 Å². The van der Waals surface area contributed by atoms with E-state index in [1.165, 1.54) is 38.1 Å². The number of hydrogen-bond acceptors (Lipinski definition) is 21. The van der Waals surface area contributed by atoms with Crippen molar-refractivity contribution in [2.45, 2.75) is 152 Å². The number of carboxylic acid groups (broad SMARTS) is 1. The largest absolute Gasteiger partial charge is 0.508 e. The van der Waals surface area contributed by atoms with Gasteiger partial charge in [-0.1, -0.05) is 55.2 Å². The van der Waals surface area contributed by atoms with E-state index in [1.54, 1.807) is 34.6 Å². The number of primary amides is 1. The van der Waals surface area contributed by atoms with Crippen molar-refractivity contribution in [3.63, 3.8) is 0 Å². The number of aliphatic hydroxyl groups excluding tert-OH is 3. The second-order valence-corrected chi connectivity index (χ2v) is 26.1. The maximum atomic E-state index is 15.9. The van der Waals surface area contributed by atoms with Gasteiger partial charge in [0, 0.05) is 34.7 Å². The fourth-order valence-corrected chi connectivity index (χ4v) is 11.8. The molecule has 2 unspecified atom stereocenters. The lowest BCUT2D eigenvalue weighted by atomic mass is 9.86. The number of alkyl carbamates (subject to hydrolysis) is 1. The zero-order valence-electron chi connectivity index (χ0n) is 52.4. The third-order valence-electron chi connectivity index (χ3n) is 16.0. The molecule has 8 amide bonds. The van der Waals surface area contributed by atoms with E-state index in [4.69, 9.17) is 58.4 Å². The smallest absolute Gasteiger partial charge is 0.408 e. The van der Waals surface area contributed by atoms with E-state index in [0.29, 0.717) is 0 Å². The number of carbonyl (C=O) groups excluding carboxylic acids is 8. The highest BCUT2D eigenvalue weighted by atomic mass is 35.5. The van der Waals surface area contributed by atoms with Gasteiger partial charge in [0.1, 0.15) is 82.8 Å². The Morgan fingerprint density at radius 3 is 1.88 bits per heavy atom. The number of aliphatic carboxylic acids is 1. The number of benzene rings is 5. The number of hydrogen-bond donors (Lipinski definition) is 16. The Kier molecular flexibility index (Phi) is 20.6. The van der Waals surface area contributed by atoms with E-state index < -0.39 is 195 Å². The molecule has 96 heavy (non-hydrogen) atoms. The Bertz CT molecular complexity index is 3960. The van der Waals surface area contributed by atoms with Crippen LogP contribution in [-0.4, -0.2) is 143 Å². The Morgan fingerprint density at radius 2 is 1.30 bits per heavy atom. The number of ether oxygens (including phenoxy) is 5. The summed E-state index contributed by atoms with van der Waals surface area (Å²) < 4.78 is 31.2. The number of halogens is 2. The van der Waals surface area contributed by atoms with Crippen molar-refractivity contribution < 1.29 is 103 Å². The Labute approximate surface area is 557 Å². The monoisotopic (exact) mass is 1370 g/mol. The molecule has 1 fully saturated rings. The molecule has 0 saturated carbocycles. The third kappa shape index (κ3) is 15.7. The second-order valence-electron chi connectivity index (χ2n) is 25.3. The predicted octanol–water partition coefficient (Wildman–Crippen LogP) is 3.59. The number of nitrogens with two attached hydrogens (primary N) is 2. The number of fused-ring (bicyclic) bond motifs is 15. The van der Waals surface area contributed by atoms with E-state index >= 15 is 14.4 Å². The highest BCUT2D eigenvalue weighted by molar-refractivity contribution is 6.32. The SMILES string of the molecule is CC(C)C[C@H](NC(=O)OC(C)(C)C)C(=O)N[C@H]1C(=O)N[C@@H](CC(N)=O)C(=O)N[C@H]2C(=O)NC3C(=O)N[C@H](C(=O)N[C@H](C(=O)O)c4cc(O)cc(O)c4-c4cc3ccc4O)[C@H](O)c3ccc(c(Cl)c3)Oc3cc2cc(c3OC2C[C@](C)(N)[C@H](O)[C@H](C)O2)Oc2ccc(cc2Cl)[C@H]1O. The van der Waals surface area contributed by atoms with E-state index in [9.17, 15) is 64.5 Å². The van der Waals surface area contributed by atoms with E-state index in [2.05, 4.69) is 37.2 Å². The quantitative estimate of drug-likeness (QED) is 0.0950. The average Bonchev–Trinajstić information content (AvgIpc) is 0.778. The first-order chi connectivity index (χ1) is 45.0. The summed E-state index contributed by atoms with van der Waals surface area (Å²) in [6.07, 6.45) is -10.2. The Morgan fingerprint density at radius 1 is 0.719 bits per heavy atom. The molecule has 5 aromatic carbocycles. The van der Waals surface area contributed by atoms with Gasteiger partial charge >= 0.3 is 12.1 Å². The second kappa shape index (κ2) is 27.9. The molecule has 13 atom stereocenters. The topological polar surface area (TPSA) is 478 Å². The zero-order chi connectivity index (χ0) is 70.3. The van der Waals surface area contributed by atoms with Gasteiger partial charge in [0.15, 0.2) is 17.5 Å². The zero-order valence-corrected chi connectivity index (χ0v) is 53.9. The van der Waals surface area contributed by atoms with Crippen LogP contribution < -0.4 is 62.9 Å². The predicted molar refractivity (Wildman–Crippen MR) is 337 cm³/mol. The number of aliphatic hydroxyl groups is 3. The number of phenolic OH excluding ortho intramolecular Hbond substituents is 3. The molecule has 30 nitrogen and oxygen atoms in total. The molecule has 0 radical (unpaired) electrons. The van der Waals surface area contributed by atoms with E-state index in [0.717, 1.165) is 54.6 Å². The summed E-state index contributed by atoms with van der Waals surface area (Å²) in [5, 5.41) is 96.2. The van der Waals surface area contributed by atoms with Crippen molar-refractivity contribution in [1.82, 2.24) is 37.2 Å². The summed E-state index contributed by atoms with van der Waals surface area (Å²) in [6.45, 7) is 11.3. The van der Waals surface area contributed by atoms with Gasteiger partial charge in [-0.2, -0.15) is 0 Å². The molecule has 0 aromatic heterocycles. The molecular weight excluding hydrogens is 1300 g/mol. The van der Waals surface area contributed by atoms with Crippen molar-refractivity contribution in [3.8, 4) is 57.1 Å². The van der Waals surface area contributed by atoms with Crippen molar-refractivity contribution in [2.24, 2.45) is 17.4 Å². The van der Waals surface area contributed by atoms with Crippen LogP contribution in [0.1, 0.15) is 126 Å². The number of amides is 8. The lowest BCUT2D eigenvalue weighted by molar-refractivity contribution is -0.204. The van der Waals surface area contributed by atoms with Gasteiger partial charge in [0.25, 0.3) is 0 Å². The molecule has 512 valence electrons. The van der Waals surface area contributed by atoms with Crippen molar-refractivity contribution in [2.75, 3.05) is 0 Å². The first-order valence-electron chi connectivity index (χ1n) is 30.0. The van der Waals surface area contributed by atoms with Crippen LogP contribution in [0, 0.1) is 5.92 Å². The van der Waals surface area contributed by atoms with Gasteiger partial charge in [0.2, 0.25) is 53.4 Å². The highest BCUT2D eigenvalue weighted by Crippen LogP contribution is 2.49. The third-order valence-corrected chi connectivity index (χ3v) is 16.6. The number of phenols is 3. The first-order valence-corrected chi connectivity index (χ1v) is 30.7. The molecule has 0 spiro atoms. The number of rotatable bonds is 10. The summed E-state index contributed by atoms with van der Waals surface area (Å²) >= 11 is 14.0. The molecule has 5 aromatic rings. The molecule has 11 bridgehead atoms. The molecule has 0 aliphatic carbocycles. The minimum absolute atomic E-state index is 0.0503. The van der Waals surface area contributed by atoms with Crippen LogP contribution in [0.2, 0.25) is 10.0 Å². The van der Waals surface area contributed by atoms with Crippen LogP contribution >= 0.6 is 23.2 Å². The summed E-state index contributed by atoms with van der Waals surface area (Å²) in [4.78, 5) is 130. The van der Waals surface area contributed by atoms with Crippen LogP contribution in [0.3, 0.4) is 0 Å². The van der Waals surface area contributed by atoms with Crippen LogP contribution in [0.5, 0.6) is 46.0 Å². The van der Waals surface area contributed by atoms with Crippen molar-refractivity contribution >= 4 is 76.6 Å². The Balaban J connectivity index is 1.29. The number of aromatic hydroxyl groups is 3. The molecule has 6 aliphatic rings. The van der Waals surface area contributed by atoms with Crippen LogP contribution in [0.25, 0.3) is 11.1 Å². The van der Waals surface area contributed by atoms with Gasteiger partial charge in [-0.3, -0.25) is 33.6 Å². The van der Waals surface area contributed by atoms with Crippen LogP contribution in [-0.2, 0) is 47.8 Å². The number of carboxylic acids is 1. The fraction of sp³-hybridized carbons (Fsp3) is 0.391. The molecule has 18 N–H and O–H groups in total. The molecule has 11 rings (SSSR count). The van der Waals surface area contributed by atoms with Crippen molar-refractivity contribution in [1.29, 1.82) is 0 Å². The van der Waals surface area contributed by atoms with Crippen LogP contribution in [0.15, 0.2) is 78.9 Å². The maximum absolute atomic E-state index is 15.9. The molecule has 1 saturated heterocycles. The van der Waals surface area contributed by atoms with Crippen molar-refractivity contribution in [3.05, 3.63) is 117 Å². The lowest BCUT2D eigenvalue weighted by Crippen LogP contribution is -2.60. The number of carbonyl (C=O) groups is 9. The first kappa shape index (κ1) is 70.6. The molecule has 32 heteroatoms. The Hall–Kier alpha value is -9.69.